The van der Waals surface area contributed by atoms with Crippen molar-refractivity contribution in [2.45, 2.75) is 238 Å². The van der Waals surface area contributed by atoms with Gasteiger partial charge in [0.2, 0.25) is 5.91 Å². The summed E-state index contributed by atoms with van der Waals surface area (Å²) < 4.78 is 0. The average Bonchev–Trinajstić information content (AvgIpc) is 3.05. The first-order chi connectivity index (χ1) is 22.5. The fourth-order valence-corrected chi connectivity index (χ4v) is 6.40. The number of aliphatic hydroxyl groups is 3. The van der Waals surface area contributed by atoms with E-state index in [-0.39, 0.29) is 18.9 Å². The zero-order valence-electron chi connectivity index (χ0n) is 31.0. The number of aliphatic hydroxyl groups excluding tert-OH is 3. The van der Waals surface area contributed by atoms with Gasteiger partial charge in [0.1, 0.15) is 0 Å². The van der Waals surface area contributed by atoms with Crippen LogP contribution >= 0.6 is 0 Å². The molecule has 3 atom stereocenters. The lowest BCUT2D eigenvalue weighted by atomic mass is 10.0. The molecule has 0 aliphatic carbocycles. The van der Waals surface area contributed by atoms with Gasteiger partial charge in [-0.05, 0) is 19.3 Å². The smallest absolute Gasteiger partial charge is 0.222 e. The van der Waals surface area contributed by atoms with Gasteiger partial charge >= 0.3 is 0 Å². The lowest BCUT2D eigenvalue weighted by Crippen LogP contribution is -2.45. The zero-order chi connectivity index (χ0) is 33.8. The largest absolute Gasteiger partial charge is 0.394 e. The number of hydrogen-bond acceptors (Lipinski definition) is 4. The lowest BCUT2D eigenvalue weighted by molar-refractivity contribution is -0.124. The van der Waals surface area contributed by atoms with Gasteiger partial charge in [0, 0.05) is 0 Å². The standard InChI is InChI=1S/C41H81NO4/c1-3-5-7-9-11-13-15-16-17-18-19-20-21-22-23-24-25-27-29-31-33-35-40(45)39(37-43)42-41(46)36-38(44)34-32-30-28-26-14-12-10-8-6-4-2/h33,35,38-40,43-45H,3-32,34,36-37H2,1-2H3,(H,42,46)/b35-33+. The molecule has 3 unspecified atom stereocenters. The molecule has 0 spiro atoms. The molecule has 0 fully saturated rings. The van der Waals surface area contributed by atoms with Crippen LogP contribution in [0.4, 0.5) is 0 Å². The summed E-state index contributed by atoms with van der Waals surface area (Å²) in [6, 6.07) is -0.738. The molecule has 0 aromatic carbocycles. The molecule has 1 amide bonds. The van der Waals surface area contributed by atoms with Crippen molar-refractivity contribution >= 4 is 5.91 Å². The summed E-state index contributed by atoms with van der Waals surface area (Å²) >= 11 is 0. The van der Waals surface area contributed by atoms with Gasteiger partial charge in [0.15, 0.2) is 0 Å². The third kappa shape index (κ3) is 33.0. The second kappa shape index (κ2) is 36.9. The SMILES string of the molecule is CCCCCCCCCCCCCCCCCCCCC/C=C/C(O)C(CO)NC(=O)CC(O)CCCCCCCCCCCC. The molecule has 4 N–H and O–H groups in total. The highest BCUT2D eigenvalue weighted by atomic mass is 16.3. The van der Waals surface area contributed by atoms with Crippen LogP contribution in [-0.4, -0.2) is 46.1 Å². The minimum absolute atomic E-state index is 0.0176. The highest BCUT2D eigenvalue weighted by molar-refractivity contribution is 5.76. The fraction of sp³-hybridized carbons (Fsp3) is 0.927. The topological polar surface area (TPSA) is 89.8 Å². The van der Waals surface area contributed by atoms with Crippen molar-refractivity contribution in [1.29, 1.82) is 0 Å². The molecule has 0 bridgehead atoms. The monoisotopic (exact) mass is 652 g/mol. The summed E-state index contributed by atoms with van der Waals surface area (Å²) in [5.41, 5.74) is 0. The Labute approximate surface area is 287 Å². The van der Waals surface area contributed by atoms with E-state index in [0.29, 0.717) is 6.42 Å². The summed E-state index contributed by atoms with van der Waals surface area (Å²) in [6.45, 7) is 4.20. The van der Waals surface area contributed by atoms with Crippen LogP contribution in [0.15, 0.2) is 12.2 Å². The minimum atomic E-state index is -0.923. The molecule has 5 heteroatoms. The predicted molar refractivity (Wildman–Crippen MR) is 199 cm³/mol. The summed E-state index contributed by atoms with van der Waals surface area (Å²) in [5, 5.41) is 33.1. The van der Waals surface area contributed by atoms with Crippen LogP contribution < -0.4 is 5.32 Å². The van der Waals surface area contributed by atoms with Crippen LogP contribution in [0.5, 0.6) is 0 Å². The summed E-state index contributed by atoms with van der Waals surface area (Å²) in [7, 11) is 0. The predicted octanol–water partition coefficient (Wildman–Crippen LogP) is 11.3. The Bertz CT molecular complexity index is 640. The highest BCUT2D eigenvalue weighted by Crippen LogP contribution is 2.16. The lowest BCUT2D eigenvalue weighted by Gasteiger charge is -2.21. The number of amides is 1. The normalized spacial score (nSPS) is 13.8. The molecule has 46 heavy (non-hydrogen) atoms. The Morgan fingerprint density at radius 1 is 0.543 bits per heavy atom. The van der Waals surface area contributed by atoms with Crippen LogP contribution in [0.25, 0.3) is 0 Å². The van der Waals surface area contributed by atoms with E-state index in [9.17, 15) is 20.1 Å². The van der Waals surface area contributed by atoms with Gasteiger partial charge in [-0.2, -0.15) is 0 Å². The molecule has 0 rings (SSSR count). The van der Waals surface area contributed by atoms with E-state index in [1.54, 1.807) is 6.08 Å². The average molecular weight is 652 g/mol. The molecule has 5 nitrogen and oxygen atoms in total. The van der Waals surface area contributed by atoms with E-state index in [1.165, 1.54) is 167 Å². The van der Waals surface area contributed by atoms with E-state index >= 15 is 0 Å². The molecule has 0 aliphatic rings. The maximum atomic E-state index is 12.4. The number of unbranched alkanes of at least 4 members (excludes halogenated alkanes) is 28. The van der Waals surface area contributed by atoms with Gasteiger partial charge in [-0.1, -0.05) is 206 Å². The first-order valence-electron chi connectivity index (χ1n) is 20.5. The summed E-state index contributed by atoms with van der Waals surface area (Å²) in [5.74, 6) is -0.315. The quantitative estimate of drug-likeness (QED) is 0.0397. The molecule has 0 aliphatic heterocycles. The van der Waals surface area contributed by atoms with Crippen molar-refractivity contribution < 1.29 is 20.1 Å². The Morgan fingerprint density at radius 2 is 0.891 bits per heavy atom. The molecule has 0 aromatic rings. The highest BCUT2D eigenvalue weighted by Gasteiger charge is 2.20. The number of carbonyl (C=O) groups excluding carboxylic acids is 1. The fourth-order valence-electron chi connectivity index (χ4n) is 6.40. The number of nitrogens with one attached hydrogen (secondary N) is 1. The van der Waals surface area contributed by atoms with E-state index in [4.69, 9.17) is 0 Å². The van der Waals surface area contributed by atoms with Gasteiger partial charge in [-0.15, -0.1) is 0 Å². The summed E-state index contributed by atoms with van der Waals surface area (Å²) in [6.07, 6.45) is 42.1. The molecule has 0 saturated carbocycles. The molecular formula is C41H81NO4. The van der Waals surface area contributed by atoms with Gasteiger partial charge in [-0.3, -0.25) is 4.79 Å². The van der Waals surface area contributed by atoms with Gasteiger partial charge in [-0.25, -0.2) is 0 Å². The van der Waals surface area contributed by atoms with Gasteiger partial charge in [0.05, 0.1) is 31.3 Å². The van der Waals surface area contributed by atoms with Crippen molar-refractivity contribution in [2.75, 3.05) is 6.61 Å². The zero-order valence-corrected chi connectivity index (χ0v) is 31.0. The molecule has 0 aromatic heterocycles. The van der Waals surface area contributed by atoms with E-state index in [2.05, 4.69) is 19.2 Å². The third-order valence-corrected chi connectivity index (χ3v) is 9.57. The maximum absolute atomic E-state index is 12.4. The number of allylic oxidation sites excluding steroid dienone is 1. The van der Waals surface area contributed by atoms with Crippen molar-refractivity contribution in [3.8, 4) is 0 Å². The van der Waals surface area contributed by atoms with E-state index in [1.807, 2.05) is 6.08 Å². The first kappa shape index (κ1) is 45.1. The minimum Gasteiger partial charge on any atom is -0.394 e. The van der Waals surface area contributed by atoms with Crippen molar-refractivity contribution in [3.05, 3.63) is 12.2 Å². The maximum Gasteiger partial charge on any atom is 0.222 e. The first-order valence-corrected chi connectivity index (χ1v) is 20.5. The number of carbonyl (C=O) groups is 1. The Balaban J connectivity index is 3.63. The van der Waals surface area contributed by atoms with Crippen molar-refractivity contribution in [1.82, 2.24) is 5.32 Å². The van der Waals surface area contributed by atoms with Crippen LogP contribution in [0, 0.1) is 0 Å². The van der Waals surface area contributed by atoms with E-state index < -0.39 is 18.2 Å². The molecule has 0 radical (unpaired) electrons. The van der Waals surface area contributed by atoms with Crippen molar-refractivity contribution in [3.63, 3.8) is 0 Å². The van der Waals surface area contributed by atoms with Crippen LogP contribution in [0.3, 0.4) is 0 Å². The van der Waals surface area contributed by atoms with Gasteiger partial charge in [0.25, 0.3) is 0 Å². The third-order valence-electron chi connectivity index (χ3n) is 9.57. The molecule has 0 heterocycles. The second-order valence-electron chi connectivity index (χ2n) is 14.3. The second-order valence-corrected chi connectivity index (χ2v) is 14.3. The molecule has 0 saturated heterocycles. The number of hydrogen-bond donors (Lipinski definition) is 4. The molecule has 274 valence electrons. The van der Waals surface area contributed by atoms with Gasteiger partial charge < -0.3 is 20.6 Å². The van der Waals surface area contributed by atoms with E-state index in [0.717, 1.165) is 25.7 Å². The van der Waals surface area contributed by atoms with Crippen molar-refractivity contribution in [2.24, 2.45) is 0 Å². The van der Waals surface area contributed by atoms with Crippen LogP contribution in [0.1, 0.15) is 219 Å². The number of rotatable bonds is 37. The summed E-state index contributed by atoms with van der Waals surface area (Å²) in [4.78, 5) is 12.4. The Hall–Kier alpha value is -0.910. The Morgan fingerprint density at radius 3 is 1.26 bits per heavy atom. The van der Waals surface area contributed by atoms with Crippen LogP contribution in [0.2, 0.25) is 0 Å². The van der Waals surface area contributed by atoms with Crippen LogP contribution in [-0.2, 0) is 4.79 Å². The Kier molecular flexibility index (Phi) is 36.2. The molecular weight excluding hydrogens is 570 g/mol.